The van der Waals surface area contributed by atoms with Crippen molar-refractivity contribution >= 4 is 40.7 Å². The highest BCUT2D eigenvalue weighted by Crippen LogP contribution is 2.25. The lowest BCUT2D eigenvalue weighted by Crippen LogP contribution is -2.44. The van der Waals surface area contributed by atoms with Crippen LogP contribution in [0.15, 0.2) is 18.2 Å². The van der Waals surface area contributed by atoms with Gasteiger partial charge in [0.15, 0.2) is 0 Å². The number of aliphatic hydroxyl groups excluding tert-OH is 1. The summed E-state index contributed by atoms with van der Waals surface area (Å²) in [6.07, 6.45) is 0.581. The lowest BCUT2D eigenvalue weighted by atomic mass is 10.0. The second-order valence-corrected chi connectivity index (χ2v) is 5.90. The number of aliphatic hydroxyl groups is 1. The standard InChI is InChI=1S/C14H18Cl2N2O3/c1-8(2)5-10(7-19)17-13(20)14(21)18-12-4-3-9(15)6-11(12)16/h3-4,6,8,10,19H,5,7H2,1-2H3,(H,17,20)(H,18,21). The molecule has 0 aromatic heterocycles. The van der Waals surface area contributed by atoms with Crippen LogP contribution in [0.4, 0.5) is 5.69 Å². The second kappa shape index (κ2) is 8.22. The molecule has 0 fully saturated rings. The van der Waals surface area contributed by atoms with Gasteiger partial charge < -0.3 is 15.7 Å². The van der Waals surface area contributed by atoms with Crippen LogP contribution >= 0.6 is 23.2 Å². The molecule has 0 saturated heterocycles. The van der Waals surface area contributed by atoms with Crippen molar-refractivity contribution in [1.29, 1.82) is 0 Å². The van der Waals surface area contributed by atoms with Crippen molar-refractivity contribution in [2.45, 2.75) is 26.3 Å². The van der Waals surface area contributed by atoms with E-state index in [4.69, 9.17) is 23.2 Å². The lowest BCUT2D eigenvalue weighted by molar-refractivity contribution is -0.136. The first-order valence-electron chi connectivity index (χ1n) is 6.51. The number of anilines is 1. The van der Waals surface area contributed by atoms with Gasteiger partial charge in [0.1, 0.15) is 0 Å². The molecular weight excluding hydrogens is 315 g/mol. The van der Waals surface area contributed by atoms with Crippen LogP contribution in [-0.4, -0.2) is 29.6 Å². The number of carbonyl (C=O) groups is 2. The first kappa shape index (κ1) is 17.8. The Hall–Kier alpha value is -1.30. The molecule has 1 rings (SSSR count). The van der Waals surface area contributed by atoms with Gasteiger partial charge in [-0.2, -0.15) is 0 Å². The molecule has 0 aliphatic carbocycles. The Morgan fingerprint density at radius 3 is 2.43 bits per heavy atom. The molecule has 0 heterocycles. The summed E-state index contributed by atoms with van der Waals surface area (Å²) in [6.45, 7) is 3.70. The Labute approximate surface area is 133 Å². The van der Waals surface area contributed by atoms with Crippen LogP contribution < -0.4 is 10.6 Å². The SMILES string of the molecule is CC(C)CC(CO)NC(=O)C(=O)Nc1ccc(Cl)cc1Cl. The van der Waals surface area contributed by atoms with Crippen LogP contribution in [0.3, 0.4) is 0 Å². The molecule has 2 amide bonds. The number of benzene rings is 1. The van der Waals surface area contributed by atoms with E-state index >= 15 is 0 Å². The maximum Gasteiger partial charge on any atom is 0.313 e. The molecule has 0 aliphatic heterocycles. The van der Waals surface area contributed by atoms with E-state index < -0.39 is 17.9 Å². The largest absolute Gasteiger partial charge is 0.394 e. The van der Waals surface area contributed by atoms with Crippen molar-refractivity contribution in [1.82, 2.24) is 5.32 Å². The molecule has 21 heavy (non-hydrogen) atoms. The average molecular weight is 333 g/mol. The average Bonchev–Trinajstić information content (AvgIpc) is 2.40. The van der Waals surface area contributed by atoms with Gasteiger partial charge >= 0.3 is 11.8 Å². The van der Waals surface area contributed by atoms with Gasteiger partial charge in [0.2, 0.25) is 0 Å². The number of halogens is 2. The van der Waals surface area contributed by atoms with Gasteiger partial charge in [-0.3, -0.25) is 9.59 Å². The van der Waals surface area contributed by atoms with Gasteiger partial charge in [0, 0.05) is 5.02 Å². The topological polar surface area (TPSA) is 78.4 Å². The van der Waals surface area contributed by atoms with E-state index in [-0.39, 0.29) is 17.5 Å². The van der Waals surface area contributed by atoms with E-state index in [9.17, 15) is 14.7 Å². The molecule has 0 radical (unpaired) electrons. The summed E-state index contributed by atoms with van der Waals surface area (Å²) in [7, 11) is 0. The Morgan fingerprint density at radius 1 is 1.24 bits per heavy atom. The van der Waals surface area contributed by atoms with E-state index in [1.54, 1.807) is 6.07 Å². The molecule has 0 saturated carbocycles. The van der Waals surface area contributed by atoms with Crippen LogP contribution in [0.2, 0.25) is 10.0 Å². The van der Waals surface area contributed by atoms with Gasteiger partial charge in [-0.25, -0.2) is 0 Å². The summed E-state index contributed by atoms with van der Waals surface area (Å²) >= 11 is 11.7. The minimum atomic E-state index is -0.846. The van der Waals surface area contributed by atoms with Crippen molar-refractivity contribution in [2.75, 3.05) is 11.9 Å². The van der Waals surface area contributed by atoms with Gasteiger partial charge in [-0.15, -0.1) is 0 Å². The minimum Gasteiger partial charge on any atom is -0.394 e. The van der Waals surface area contributed by atoms with Crippen molar-refractivity contribution in [3.63, 3.8) is 0 Å². The van der Waals surface area contributed by atoms with Gasteiger partial charge in [-0.1, -0.05) is 37.0 Å². The van der Waals surface area contributed by atoms with Crippen LogP contribution in [0.25, 0.3) is 0 Å². The second-order valence-electron chi connectivity index (χ2n) is 5.06. The van der Waals surface area contributed by atoms with E-state index in [2.05, 4.69) is 10.6 Å². The smallest absolute Gasteiger partial charge is 0.313 e. The summed E-state index contributed by atoms with van der Waals surface area (Å²) in [5.74, 6) is -1.38. The first-order chi connectivity index (χ1) is 9.83. The molecule has 0 bridgehead atoms. The molecule has 1 atom stereocenters. The van der Waals surface area contributed by atoms with E-state index in [1.165, 1.54) is 12.1 Å². The zero-order valence-corrected chi connectivity index (χ0v) is 13.3. The number of amides is 2. The van der Waals surface area contributed by atoms with E-state index in [0.717, 1.165) is 0 Å². The third kappa shape index (κ3) is 5.91. The summed E-state index contributed by atoms with van der Waals surface area (Å²) in [5, 5.41) is 14.7. The Bertz CT molecular complexity index is 521. The Kier molecular flexibility index (Phi) is 6.95. The van der Waals surface area contributed by atoms with Gasteiger partial charge in [-0.05, 0) is 30.5 Å². The fraction of sp³-hybridized carbons (Fsp3) is 0.429. The van der Waals surface area contributed by atoms with E-state index in [0.29, 0.717) is 17.1 Å². The van der Waals surface area contributed by atoms with Crippen LogP contribution in [0, 0.1) is 5.92 Å². The van der Waals surface area contributed by atoms with Crippen molar-refractivity contribution in [3.8, 4) is 0 Å². The molecule has 7 heteroatoms. The quantitative estimate of drug-likeness (QED) is 0.724. The predicted octanol–water partition coefficient (Wildman–Crippen LogP) is 2.46. The highest BCUT2D eigenvalue weighted by atomic mass is 35.5. The highest BCUT2D eigenvalue weighted by molar-refractivity contribution is 6.42. The zero-order valence-electron chi connectivity index (χ0n) is 11.8. The maximum atomic E-state index is 11.8. The van der Waals surface area contributed by atoms with Crippen molar-refractivity contribution in [3.05, 3.63) is 28.2 Å². The Balaban J connectivity index is 2.64. The molecular formula is C14H18Cl2N2O3. The van der Waals surface area contributed by atoms with Crippen LogP contribution in [0.1, 0.15) is 20.3 Å². The Morgan fingerprint density at radius 2 is 1.90 bits per heavy atom. The molecule has 1 unspecified atom stereocenters. The fourth-order valence-corrected chi connectivity index (χ4v) is 2.22. The fourth-order valence-electron chi connectivity index (χ4n) is 1.77. The zero-order chi connectivity index (χ0) is 16.0. The summed E-state index contributed by atoms with van der Waals surface area (Å²) in [4.78, 5) is 23.6. The third-order valence-electron chi connectivity index (χ3n) is 2.70. The third-order valence-corrected chi connectivity index (χ3v) is 3.24. The van der Waals surface area contributed by atoms with Crippen molar-refractivity contribution in [2.24, 2.45) is 5.92 Å². The summed E-state index contributed by atoms with van der Waals surface area (Å²) in [5.41, 5.74) is 0.297. The summed E-state index contributed by atoms with van der Waals surface area (Å²) < 4.78 is 0. The number of hydrogen-bond donors (Lipinski definition) is 3. The maximum absolute atomic E-state index is 11.8. The number of hydrogen-bond acceptors (Lipinski definition) is 3. The molecule has 0 aliphatic rings. The normalized spacial score (nSPS) is 12.1. The van der Waals surface area contributed by atoms with E-state index in [1.807, 2.05) is 13.8 Å². The van der Waals surface area contributed by atoms with Crippen LogP contribution in [-0.2, 0) is 9.59 Å². The van der Waals surface area contributed by atoms with Gasteiger partial charge in [0.05, 0.1) is 23.4 Å². The highest BCUT2D eigenvalue weighted by Gasteiger charge is 2.19. The predicted molar refractivity (Wildman–Crippen MR) is 83.6 cm³/mol. The lowest BCUT2D eigenvalue weighted by Gasteiger charge is -2.18. The van der Waals surface area contributed by atoms with Crippen LogP contribution in [0.5, 0.6) is 0 Å². The van der Waals surface area contributed by atoms with Crippen molar-refractivity contribution < 1.29 is 14.7 Å². The monoisotopic (exact) mass is 332 g/mol. The first-order valence-corrected chi connectivity index (χ1v) is 7.26. The summed E-state index contributed by atoms with van der Waals surface area (Å²) in [6, 6.07) is 4.07. The molecule has 116 valence electrons. The van der Waals surface area contributed by atoms with Gasteiger partial charge in [0.25, 0.3) is 0 Å². The minimum absolute atomic E-state index is 0.223. The number of rotatable bonds is 5. The molecule has 1 aromatic rings. The number of nitrogens with one attached hydrogen (secondary N) is 2. The molecule has 5 nitrogen and oxygen atoms in total. The number of carbonyl (C=O) groups excluding carboxylic acids is 2. The molecule has 1 aromatic carbocycles. The molecule has 0 spiro atoms. The molecule has 3 N–H and O–H groups in total.